The Morgan fingerprint density at radius 2 is 2.25 bits per heavy atom. The number of piperidine rings is 1. The van der Waals surface area contributed by atoms with Gasteiger partial charge in [-0.25, -0.2) is 4.39 Å². The number of Topliss-reactive ketones (excluding diaryl/α,β-unsaturated/α-hetero) is 1. The van der Waals surface area contributed by atoms with E-state index in [0.717, 1.165) is 38.0 Å². The van der Waals surface area contributed by atoms with Crippen molar-refractivity contribution in [2.24, 2.45) is 5.92 Å². The van der Waals surface area contributed by atoms with Crippen molar-refractivity contribution in [2.75, 3.05) is 24.6 Å². The molecule has 0 radical (unpaired) electrons. The van der Waals surface area contributed by atoms with E-state index < -0.39 is 0 Å². The summed E-state index contributed by atoms with van der Waals surface area (Å²) < 4.78 is 13.7. The normalized spacial score (nSPS) is 19.2. The van der Waals surface area contributed by atoms with Crippen LogP contribution in [0, 0.1) is 18.7 Å². The fraction of sp³-hybridized carbons (Fsp3) is 0.562. The van der Waals surface area contributed by atoms with Crippen molar-refractivity contribution in [3.63, 3.8) is 0 Å². The number of nitrogens with zero attached hydrogens (tertiary/aromatic N) is 1. The van der Waals surface area contributed by atoms with E-state index in [1.807, 2.05) is 0 Å². The molecule has 1 aromatic carbocycles. The fourth-order valence-electron chi connectivity index (χ4n) is 2.91. The van der Waals surface area contributed by atoms with Gasteiger partial charge in [0.05, 0.1) is 0 Å². The molecule has 110 valence electrons. The van der Waals surface area contributed by atoms with Crippen molar-refractivity contribution in [3.8, 4) is 0 Å². The molecule has 3 nitrogen and oxygen atoms in total. The Morgan fingerprint density at radius 3 is 2.90 bits per heavy atom. The van der Waals surface area contributed by atoms with Gasteiger partial charge in [-0.05, 0) is 56.7 Å². The summed E-state index contributed by atoms with van der Waals surface area (Å²) in [7, 11) is 0. The Kier molecular flexibility index (Phi) is 4.76. The maximum atomic E-state index is 13.7. The molecule has 0 bridgehead atoms. The maximum absolute atomic E-state index is 13.7. The average molecular weight is 279 g/mol. The van der Waals surface area contributed by atoms with Crippen LogP contribution < -0.4 is 4.90 Å². The van der Waals surface area contributed by atoms with Crippen LogP contribution in [0.3, 0.4) is 0 Å². The zero-order valence-electron chi connectivity index (χ0n) is 12.2. The Morgan fingerprint density at radius 1 is 1.50 bits per heavy atom. The minimum absolute atomic E-state index is 0.108. The molecule has 0 aliphatic carbocycles. The Labute approximate surface area is 119 Å². The second-order valence-electron chi connectivity index (χ2n) is 5.64. The first kappa shape index (κ1) is 15.0. The van der Waals surface area contributed by atoms with Gasteiger partial charge in [0, 0.05) is 30.9 Å². The Hall–Kier alpha value is -1.42. The molecule has 0 amide bonds. The number of anilines is 1. The number of carbonyl (C=O) groups excluding carboxylic acids is 1. The summed E-state index contributed by atoms with van der Waals surface area (Å²) in [6.07, 6.45) is 2.93. The van der Waals surface area contributed by atoms with E-state index in [-0.39, 0.29) is 18.2 Å². The van der Waals surface area contributed by atoms with Gasteiger partial charge >= 0.3 is 0 Å². The SMILES string of the molecule is CC(=O)c1cc(F)c(C)cc1N1CCCC(CCO)C1. The summed E-state index contributed by atoms with van der Waals surface area (Å²) in [5, 5.41) is 9.08. The van der Waals surface area contributed by atoms with Crippen molar-refractivity contribution < 1.29 is 14.3 Å². The third kappa shape index (κ3) is 3.18. The zero-order chi connectivity index (χ0) is 14.7. The smallest absolute Gasteiger partial charge is 0.161 e. The number of halogens is 1. The van der Waals surface area contributed by atoms with Gasteiger partial charge in [0.1, 0.15) is 5.82 Å². The minimum atomic E-state index is -0.331. The van der Waals surface area contributed by atoms with Gasteiger partial charge in [0.25, 0.3) is 0 Å². The number of aliphatic hydroxyl groups excluding tert-OH is 1. The van der Waals surface area contributed by atoms with Crippen LogP contribution in [0.1, 0.15) is 42.1 Å². The topological polar surface area (TPSA) is 40.5 Å². The molecule has 1 fully saturated rings. The monoisotopic (exact) mass is 279 g/mol. The highest BCUT2D eigenvalue weighted by Gasteiger charge is 2.23. The van der Waals surface area contributed by atoms with E-state index >= 15 is 0 Å². The molecule has 20 heavy (non-hydrogen) atoms. The molecule has 0 saturated carbocycles. The number of rotatable bonds is 4. The molecule has 2 rings (SSSR count). The van der Waals surface area contributed by atoms with E-state index in [4.69, 9.17) is 5.11 Å². The van der Waals surface area contributed by atoms with Gasteiger partial charge in [0.2, 0.25) is 0 Å². The third-order valence-electron chi connectivity index (χ3n) is 4.05. The van der Waals surface area contributed by atoms with Crippen LogP contribution in [-0.4, -0.2) is 30.6 Å². The molecule has 1 aliphatic rings. The van der Waals surface area contributed by atoms with E-state index in [0.29, 0.717) is 17.0 Å². The quantitative estimate of drug-likeness (QED) is 0.861. The number of ketones is 1. The number of benzene rings is 1. The number of aliphatic hydroxyl groups is 1. The van der Waals surface area contributed by atoms with Crippen LogP contribution in [0.15, 0.2) is 12.1 Å². The molecule has 1 aromatic rings. The highest BCUT2D eigenvalue weighted by Crippen LogP contribution is 2.30. The predicted molar refractivity (Wildman–Crippen MR) is 77.8 cm³/mol. The summed E-state index contributed by atoms with van der Waals surface area (Å²) in [5.41, 5.74) is 1.85. The van der Waals surface area contributed by atoms with Crippen LogP contribution in [0.2, 0.25) is 0 Å². The van der Waals surface area contributed by atoms with Crippen molar-refractivity contribution in [1.29, 1.82) is 0 Å². The number of hydrogen-bond acceptors (Lipinski definition) is 3. The lowest BCUT2D eigenvalue weighted by Gasteiger charge is -2.35. The van der Waals surface area contributed by atoms with Gasteiger partial charge in [0.15, 0.2) is 5.78 Å². The number of aryl methyl sites for hydroxylation is 1. The second-order valence-corrected chi connectivity index (χ2v) is 5.64. The third-order valence-corrected chi connectivity index (χ3v) is 4.05. The van der Waals surface area contributed by atoms with E-state index in [2.05, 4.69) is 4.90 Å². The van der Waals surface area contributed by atoms with Crippen molar-refractivity contribution in [2.45, 2.75) is 33.1 Å². The fourth-order valence-corrected chi connectivity index (χ4v) is 2.91. The van der Waals surface area contributed by atoms with Crippen LogP contribution in [0.4, 0.5) is 10.1 Å². The average Bonchev–Trinajstić information content (AvgIpc) is 2.42. The summed E-state index contributed by atoms with van der Waals surface area (Å²) in [4.78, 5) is 13.9. The van der Waals surface area contributed by atoms with Gasteiger partial charge in [-0.2, -0.15) is 0 Å². The molecule has 1 aliphatic heterocycles. The highest BCUT2D eigenvalue weighted by atomic mass is 19.1. The summed E-state index contributed by atoms with van der Waals surface area (Å²) >= 11 is 0. The molecular formula is C16H22FNO2. The van der Waals surface area contributed by atoms with E-state index in [1.54, 1.807) is 13.0 Å². The predicted octanol–water partition coefficient (Wildman–Crippen LogP) is 2.94. The molecule has 0 spiro atoms. The van der Waals surface area contributed by atoms with Gasteiger partial charge in [-0.15, -0.1) is 0 Å². The largest absolute Gasteiger partial charge is 0.396 e. The second kappa shape index (κ2) is 6.35. The van der Waals surface area contributed by atoms with Gasteiger partial charge in [-0.3, -0.25) is 4.79 Å². The number of carbonyl (C=O) groups is 1. The zero-order valence-corrected chi connectivity index (χ0v) is 12.2. The van der Waals surface area contributed by atoms with Crippen molar-refractivity contribution in [3.05, 3.63) is 29.1 Å². The molecular weight excluding hydrogens is 257 g/mol. The first-order chi connectivity index (χ1) is 9.52. The van der Waals surface area contributed by atoms with Gasteiger partial charge in [-0.1, -0.05) is 0 Å². The Balaban J connectivity index is 2.31. The molecule has 0 aromatic heterocycles. The highest BCUT2D eigenvalue weighted by molar-refractivity contribution is 6.00. The van der Waals surface area contributed by atoms with Crippen LogP contribution in [0.25, 0.3) is 0 Å². The standard InChI is InChI=1S/C16H22FNO2/c1-11-8-16(14(12(2)20)9-15(11)17)18-6-3-4-13(10-18)5-7-19/h8-9,13,19H,3-7,10H2,1-2H3. The number of hydrogen-bond donors (Lipinski definition) is 1. The lowest BCUT2D eigenvalue weighted by Crippen LogP contribution is -2.36. The molecule has 1 atom stereocenters. The maximum Gasteiger partial charge on any atom is 0.161 e. The van der Waals surface area contributed by atoms with Gasteiger partial charge < -0.3 is 10.0 Å². The molecule has 1 N–H and O–H groups in total. The van der Waals surface area contributed by atoms with Crippen LogP contribution >= 0.6 is 0 Å². The summed E-state index contributed by atoms with van der Waals surface area (Å²) in [6.45, 7) is 5.10. The first-order valence-electron chi connectivity index (χ1n) is 7.19. The van der Waals surface area contributed by atoms with Crippen LogP contribution in [0.5, 0.6) is 0 Å². The molecule has 1 heterocycles. The lowest BCUT2D eigenvalue weighted by molar-refractivity contribution is 0.101. The lowest BCUT2D eigenvalue weighted by atomic mass is 9.93. The molecule has 1 saturated heterocycles. The Bertz CT molecular complexity index is 499. The molecule has 1 unspecified atom stereocenters. The van der Waals surface area contributed by atoms with Crippen LogP contribution in [-0.2, 0) is 0 Å². The molecule has 4 heteroatoms. The van der Waals surface area contributed by atoms with Crippen molar-refractivity contribution in [1.82, 2.24) is 0 Å². The first-order valence-corrected chi connectivity index (χ1v) is 7.19. The van der Waals surface area contributed by atoms with E-state index in [1.165, 1.54) is 13.0 Å². The summed E-state index contributed by atoms with van der Waals surface area (Å²) in [6, 6.07) is 3.12. The van der Waals surface area contributed by atoms with Crippen molar-refractivity contribution >= 4 is 11.5 Å². The minimum Gasteiger partial charge on any atom is -0.396 e. The van der Waals surface area contributed by atoms with E-state index in [9.17, 15) is 9.18 Å². The summed E-state index contributed by atoms with van der Waals surface area (Å²) in [5.74, 6) is 0.00460.